The van der Waals surface area contributed by atoms with Crippen molar-refractivity contribution in [3.8, 4) is 0 Å². The molecule has 4 rings (SSSR count). The van der Waals surface area contributed by atoms with Crippen molar-refractivity contribution in [1.29, 1.82) is 0 Å². The molecular weight excluding hydrogens is 282 g/mol. The van der Waals surface area contributed by atoms with Gasteiger partial charge in [-0.2, -0.15) is 5.10 Å². The molecule has 6 nitrogen and oxygen atoms in total. The first kappa shape index (κ1) is 13.8. The van der Waals surface area contributed by atoms with Crippen molar-refractivity contribution in [2.45, 2.75) is 44.9 Å². The Morgan fingerprint density at radius 1 is 1.23 bits per heavy atom. The van der Waals surface area contributed by atoms with Crippen molar-refractivity contribution in [3.63, 3.8) is 0 Å². The number of aryl methyl sites for hydroxylation is 1. The van der Waals surface area contributed by atoms with E-state index in [9.17, 15) is 9.59 Å². The zero-order chi connectivity index (χ0) is 15.3. The number of aliphatic carboxylic acids is 1. The van der Waals surface area contributed by atoms with Gasteiger partial charge in [-0.15, -0.1) is 0 Å². The normalized spacial score (nSPS) is 25.8. The summed E-state index contributed by atoms with van der Waals surface area (Å²) >= 11 is 0. The number of piperidine rings is 1. The molecule has 2 aliphatic carbocycles. The zero-order valence-corrected chi connectivity index (χ0v) is 12.6. The van der Waals surface area contributed by atoms with Crippen molar-refractivity contribution < 1.29 is 14.7 Å². The maximum Gasteiger partial charge on any atom is 0.307 e. The molecule has 118 valence electrons. The number of carbonyl (C=O) groups excluding carboxylic acids is 1. The minimum absolute atomic E-state index is 0.0155. The molecule has 1 aromatic rings. The van der Waals surface area contributed by atoms with Gasteiger partial charge in [0.05, 0.1) is 5.92 Å². The van der Waals surface area contributed by atoms with Crippen LogP contribution in [-0.4, -0.2) is 45.2 Å². The Hall–Kier alpha value is -1.85. The molecule has 0 radical (unpaired) electrons. The van der Waals surface area contributed by atoms with Crippen LogP contribution in [0.5, 0.6) is 0 Å². The van der Waals surface area contributed by atoms with Crippen LogP contribution in [0.3, 0.4) is 0 Å². The van der Waals surface area contributed by atoms with Gasteiger partial charge in [0.15, 0.2) is 5.69 Å². The molecule has 0 aromatic carbocycles. The highest BCUT2D eigenvalue weighted by Gasteiger charge is 2.59. The number of fused-ring (bicyclic) bond motifs is 1. The summed E-state index contributed by atoms with van der Waals surface area (Å²) < 4.78 is 0. The maximum absolute atomic E-state index is 12.7. The van der Waals surface area contributed by atoms with Crippen LogP contribution in [0.4, 0.5) is 0 Å². The van der Waals surface area contributed by atoms with Crippen molar-refractivity contribution in [2.24, 2.45) is 11.3 Å². The molecule has 6 heteroatoms. The molecule has 1 saturated carbocycles. The maximum atomic E-state index is 12.7. The Bertz CT molecular complexity index is 629. The highest BCUT2D eigenvalue weighted by Crippen LogP contribution is 2.59. The SMILES string of the molecule is O=C(O)C1CC12CCN(C(=O)c1n[nH]c3c1CCCC3)CC2. The second-order valence-corrected chi connectivity index (χ2v) is 6.99. The van der Waals surface area contributed by atoms with E-state index in [0.29, 0.717) is 18.8 Å². The van der Waals surface area contributed by atoms with Crippen LogP contribution in [0.2, 0.25) is 0 Å². The number of likely N-dealkylation sites (tertiary alicyclic amines) is 1. The lowest BCUT2D eigenvalue weighted by Crippen LogP contribution is -2.40. The molecule has 1 aliphatic heterocycles. The topological polar surface area (TPSA) is 86.3 Å². The van der Waals surface area contributed by atoms with Crippen molar-refractivity contribution >= 4 is 11.9 Å². The van der Waals surface area contributed by atoms with Gasteiger partial charge < -0.3 is 10.0 Å². The summed E-state index contributed by atoms with van der Waals surface area (Å²) in [4.78, 5) is 25.7. The number of aromatic nitrogens is 2. The van der Waals surface area contributed by atoms with Crippen molar-refractivity contribution in [1.82, 2.24) is 15.1 Å². The van der Waals surface area contributed by atoms with E-state index >= 15 is 0 Å². The minimum atomic E-state index is -0.679. The summed E-state index contributed by atoms with van der Waals surface area (Å²) in [6.45, 7) is 1.31. The fraction of sp³-hybridized carbons (Fsp3) is 0.688. The quantitative estimate of drug-likeness (QED) is 0.869. The molecule has 1 saturated heterocycles. The van der Waals surface area contributed by atoms with Gasteiger partial charge in [-0.1, -0.05) is 0 Å². The number of nitrogens with zero attached hydrogens (tertiary/aromatic N) is 2. The summed E-state index contributed by atoms with van der Waals surface area (Å²) in [6, 6.07) is 0. The molecule has 2 heterocycles. The van der Waals surface area contributed by atoms with Gasteiger partial charge >= 0.3 is 5.97 Å². The zero-order valence-electron chi connectivity index (χ0n) is 12.6. The van der Waals surface area contributed by atoms with Crippen LogP contribution in [0, 0.1) is 11.3 Å². The summed E-state index contributed by atoms with van der Waals surface area (Å²) in [5.41, 5.74) is 2.78. The van der Waals surface area contributed by atoms with Gasteiger partial charge in [0, 0.05) is 24.3 Å². The second-order valence-electron chi connectivity index (χ2n) is 6.99. The number of carboxylic acids is 1. The van der Waals surface area contributed by atoms with Gasteiger partial charge in [0.1, 0.15) is 0 Å². The highest BCUT2D eigenvalue weighted by molar-refractivity contribution is 5.94. The van der Waals surface area contributed by atoms with Crippen LogP contribution in [-0.2, 0) is 17.6 Å². The Morgan fingerprint density at radius 2 is 1.95 bits per heavy atom. The molecule has 1 unspecified atom stereocenters. The standard InChI is InChI=1S/C16H21N3O3/c20-14(13-10-3-1-2-4-12(10)17-18-13)19-7-5-16(6-8-19)9-11(16)15(21)22/h11H,1-9H2,(H,17,18)(H,21,22). The van der Waals surface area contributed by atoms with E-state index < -0.39 is 5.97 Å². The van der Waals surface area contributed by atoms with Gasteiger partial charge in [-0.25, -0.2) is 0 Å². The predicted octanol–water partition coefficient (Wildman–Crippen LogP) is 1.62. The van der Waals surface area contributed by atoms with E-state index in [2.05, 4.69) is 10.2 Å². The smallest absolute Gasteiger partial charge is 0.307 e. The largest absolute Gasteiger partial charge is 0.481 e. The molecule has 22 heavy (non-hydrogen) atoms. The first-order valence-corrected chi connectivity index (χ1v) is 8.19. The van der Waals surface area contributed by atoms with E-state index in [-0.39, 0.29) is 17.2 Å². The van der Waals surface area contributed by atoms with Crippen molar-refractivity contribution in [3.05, 3.63) is 17.0 Å². The molecule has 1 aromatic heterocycles. The summed E-state index contributed by atoms with van der Waals surface area (Å²) in [5.74, 6) is -0.856. The number of hydrogen-bond acceptors (Lipinski definition) is 3. The summed E-state index contributed by atoms with van der Waals surface area (Å²) in [5, 5.41) is 16.4. The average Bonchev–Trinajstić information content (AvgIpc) is 3.06. The van der Waals surface area contributed by atoms with E-state index in [1.165, 1.54) is 0 Å². The number of hydrogen-bond donors (Lipinski definition) is 2. The third-order valence-electron chi connectivity index (χ3n) is 5.79. The third kappa shape index (κ3) is 2.04. The predicted molar refractivity (Wildman–Crippen MR) is 78.5 cm³/mol. The lowest BCUT2D eigenvalue weighted by molar-refractivity contribution is -0.139. The van der Waals surface area contributed by atoms with Gasteiger partial charge in [-0.3, -0.25) is 14.7 Å². The molecule has 1 atom stereocenters. The fourth-order valence-corrected chi connectivity index (χ4v) is 4.21. The Morgan fingerprint density at radius 3 is 2.64 bits per heavy atom. The number of carboxylic acid groups (broad SMARTS) is 1. The molecule has 1 spiro atoms. The number of H-pyrrole nitrogens is 1. The second kappa shape index (κ2) is 4.83. The van der Waals surface area contributed by atoms with Crippen LogP contribution >= 0.6 is 0 Å². The van der Waals surface area contributed by atoms with Gasteiger partial charge in [-0.05, 0) is 50.4 Å². The molecular formula is C16H21N3O3. The minimum Gasteiger partial charge on any atom is -0.481 e. The third-order valence-corrected chi connectivity index (χ3v) is 5.79. The van der Waals surface area contributed by atoms with Crippen LogP contribution in [0.15, 0.2) is 0 Å². The highest BCUT2D eigenvalue weighted by atomic mass is 16.4. The van der Waals surface area contributed by atoms with Crippen LogP contribution in [0.25, 0.3) is 0 Å². The molecule has 2 fully saturated rings. The first-order chi connectivity index (χ1) is 10.6. The Labute approximate surface area is 128 Å². The lowest BCUT2D eigenvalue weighted by atomic mass is 9.90. The summed E-state index contributed by atoms with van der Waals surface area (Å²) in [7, 11) is 0. The van der Waals surface area contributed by atoms with Gasteiger partial charge in [0.25, 0.3) is 5.91 Å². The Kier molecular flexibility index (Phi) is 3.03. The molecule has 3 aliphatic rings. The van der Waals surface area contributed by atoms with Crippen molar-refractivity contribution in [2.75, 3.05) is 13.1 Å². The number of nitrogens with one attached hydrogen (secondary N) is 1. The number of carbonyl (C=O) groups is 2. The fourth-order valence-electron chi connectivity index (χ4n) is 4.21. The van der Waals surface area contributed by atoms with Crippen LogP contribution in [0.1, 0.15) is 53.8 Å². The number of aromatic amines is 1. The number of rotatable bonds is 2. The van der Waals surface area contributed by atoms with E-state index in [1.54, 1.807) is 0 Å². The molecule has 2 N–H and O–H groups in total. The van der Waals surface area contributed by atoms with E-state index in [1.807, 2.05) is 4.90 Å². The average molecular weight is 303 g/mol. The van der Waals surface area contributed by atoms with E-state index in [0.717, 1.165) is 56.2 Å². The summed E-state index contributed by atoms with van der Waals surface area (Å²) in [6.07, 6.45) is 6.60. The number of amides is 1. The lowest BCUT2D eigenvalue weighted by Gasteiger charge is -2.32. The molecule has 0 bridgehead atoms. The molecule has 1 amide bonds. The van der Waals surface area contributed by atoms with Gasteiger partial charge in [0.2, 0.25) is 0 Å². The van der Waals surface area contributed by atoms with Crippen LogP contribution < -0.4 is 0 Å². The van der Waals surface area contributed by atoms with E-state index in [4.69, 9.17) is 5.11 Å². The first-order valence-electron chi connectivity index (χ1n) is 8.19. The monoisotopic (exact) mass is 303 g/mol. The Balaban J connectivity index is 1.45.